The second-order valence-corrected chi connectivity index (χ2v) is 7.06. The molecule has 26 heavy (non-hydrogen) atoms. The van der Waals surface area contributed by atoms with Crippen molar-refractivity contribution in [3.05, 3.63) is 64.0 Å². The molecule has 2 aromatic heterocycles. The van der Waals surface area contributed by atoms with Gasteiger partial charge in [-0.3, -0.25) is 4.57 Å². The molecule has 0 amide bonds. The lowest BCUT2D eigenvalue weighted by Crippen LogP contribution is -2.18. The molecular formula is C19H17N3O3S. The molecule has 0 spiro atoms. The standard InChI is InChI=1S/C19H17N3O3S/c1-12-17(21-18(20)26-12)13-7-8-15-16(11-13)25-19(23)22(15)9-10-24-14-5-3-2-4-6-14/h2-8,11H,9-10H2,1H3,(H2,20,21). The topological polar surface area (TPSA) is 83.3 Å². The number of para-hydroxylation sites is 1. The second-order valence-electron chi connectivity index (χ2n) is 5.82. The number of fused-ring (bicyclic) bond motifs is 1. The van der Waals surface area contributed by atoms with Crippen LogP contribution in [0.5, 0.6) is 5.75 Å². The van der Waals surface area contributed by atoms with Gasteiger partial charge in [-0.05, 0) is 31.2 Å². The van der Waals surface area contributed by atoms with E-state index in [0.717, 1.165) is 27.4 Å². The van der Waals surface area contributed by atoms with E-state index >= 15 is 0 Å². The Morgan fingerprint density at radius 3 is 2.77 bits per heavy atom. The first kappa shape index (κ1) is 16.4. The number of nitrogens with two attached hydrogens (primary N) is 1. The molecule has 2 heterocycles. The van der Waals surface area contributed by atoms with Crippen LogP contribution in [0.15, 0.2) is 57.7 Å². The number of aryl methyl sites for hydroxylation is 1. The minimum atomic E-state index is -0.400. The van der Waals surface area contributed by atoms with Crippen molar-refractivity contribution in [2.24, 2.45) is 0 Å². The van der Waals surface area contributed by atoms with Crippen molar-refractivity contribution in [1.82, 2.24) is 9.55 Å². The van der Waals surface area contributed by atoms with Gasteiger partial charge in [0.05, 0.1) is 17.8 Å². The summed E-state index contributed by atoms with van der Waals surface area (Å²) in [4.78, 5) is 17.6. The van der Waals surface area contributed by atoms with E-state index in [1.807, 2.05) is 55.5 Å². The molecule has 2 aromatic carbocycles. The lowest BCUT2D eigenvalue weighted by atomic mass is 10.1. The maximum atomic E-state index is 12.2. The minimum absolute atomic E-state index is 0.377. The molecule has 132 valence electrons. The van der Waals surface area contributed by atoms with Gasteiger partial charge in [0.15, 0.2) is 10.7 Å². The number of oxazole rings is 1. The molecule has 0 aliphatic heterocycles. The number of nitrogens with zero attached hydrogens (tertiary/aromatic N) is 2. The second kappa shape index (κ2) is 6.68. The predicted molar refractivity (Wildman–Crippen MR) is 103 cm³/mol. The monoisotopic (exact) mass is 367 g/mol. The SMILES string of the molecule is Cc1sc(N)nc1-c1ccc2c(c1)oc(=O)n2CCOc1ccccc1. The molecule has 4 aromatic rings. The molecule has 7 heteroatoms. The molecule has 0 fully saturated rings. The molecule has 0 saturated carbocycles. The molecule has 4 rings (SSSR count). The van der Waals surface area contributed by atoms with E-state index in [4.69, 9.17) is 14.9 Å². The van der Waals surface area contributed by atoms with Crippen LogP contribution in [-0.2, 0) is 6.54 Å². The van der Waals surface area contributed by atoms with Crippen LogP contribution in [0.25, 0.3) is 22.4 Å². The average molecular weight is 367 g/mol. The number of anilines is 1. The fourth-order valence-electron chi connectivity index (χ4n) is 2.88. The Balaban J connectivity index is 1.59. The van der Waals surface area contributed by atoms with Gasteiger partial charge >= 0.3 is 5.76 Å². The molecule has 0 bridgehead atoms. The molecule has 0 unspecified atom stereocenters. The number of hydrogen-bond donors (Lipinski definition) is 1. The Bertz CT molecular complexity index is 1110. The third-order valence-corrected chi connectivity index (χ3v) is 4.88. The van der Waals surface area contributed by atoms with Crippen LogP contribution in [0.3, 0.4) is 0 Å². The van der Waals surface area contributed by atoms with E-state index in [1.165, 1.54) is 11.3 Å². The van der Waals surface area contributed by atoms with E-state index in [2.05, 4.69) is 4.98 Å². The highest BCUT2D eigenvalue weighted by Crippen LogP contribution is 2.30. The van der Waals surface area contributed by atoms with Gasteiger partial charge in [0.2, 0.25) is 0 Å². The lowest BCUT2D eigenvalue weighted by molar-refractivity contribution is 0.294. The fraction of sp³-hybridized carbons (Fsp3) is 0.158. The number of benzene rings is 2. The molecule has 0 atom stereocenters. The summed E-state index contributed by atoms with van der Waals surface area (Å²) in [5.74, 6) is 0.371. The summed E-state index contributed by atoms with van der Waals surface area (Å²) in [6.45, 7) is 2.75. The highest BCUT2D eigenvalue weighted by Gasteiger charge is 2.13. The van der Waals surface area contributed by atoms with Gasteiger partial charge in [-0.1, -0.05) is 24.3 Å². The molecule has 6 nitrogen and oxygen atoms in total. The van der Waals surface area contributed by atoms with Crippen molar-refractivity contribution in [3.8, 4) is 17.0 Å². The number of hydrogen-bond acceptors (Lipinski definition) is 6. The van der Waals surface area contributed by atoms with Crippen LogP contribution in [0.2, 0.25) is 0 Å². The van der Waals surface area contributed by atoms with E-state index < -0.39 is 5.76 Å². The van der Waals surface area contributed by atoms with Gasteiger partial charge in [-0.25, -0.2) is 9.78 Å². The lowest BCUT2D eigenvalue weighted by Gasteiger charge is -2.06. The number of ether oxygens (including phenoxy) is 1. The molecule has 0 aliphatic rings. The molecule has 2 N–H and O–H groups in total. The zero-order chi connectivity index (χ0) is 18.1. The van der Waals surface area contributed by atoms with Crippen LogP contribution in [0.4, 0.5) is 5.13 Å². The minimum Gasteiger partial charge on any atom is -0.492 e. The third kappa shape index (κ3) is 3.09. The van der Waals surface area contributed by atoms with Crippen LogP contribution < -0.4 is 16.2 Å². The largest absolute Gasteiger partial charge is 0.492 e. The molecule has 0 aliphatic carbocycles. The Kier molecular flexibility index (Phi) is 4.22. The van der Waals surface area contributed by atoms with Gasteiger partial charge in [0, 0.05) is 10.4 Å². The first-order valence-corrected chi connectivity index (χ1v) is 8.98. The number of aromatic nitrogens is 2. The van der Waals surface area contributed by atoms with E-state index in [-0.39, 0.29) is 0 Å². The summed E-state index contributed by atoms with van der Waals surface area (Å²) in [6.07, 6.45) is 0. The average Bonchev–Trinajstić information content (AvgIpc) is 3.13. The first-order valence-electron chi connectivity index (χ1n) is 8.16. The van der Waals surface area contributed by atoms with Gasteiger partial charge in [-0.15, -0.1) is 11.3 Å². The highest BCUT2D eigenvalue weighted by atomic mass is 32.1. The summed E-state index contributed by atoms with van der Waals surface area (Å²) in [6, 6.07) is 15.1. The van der Waals surface area contributed by atoms with Crippen LogP contribution in [0, 0.1) is 6.92 Å². The maximum Gasteiger partial charge on any atom is 0.420 e. The summed E-state index contributed by atoms with van der Waals surface area (Å²) in [5.41, 5.74) is 8.73. The molecule has 0 radical (unpaired) electrons. The van der Waals surface area contributed by atoms with Crippen LogP contribution >= 0.6 is 11.3 Å². The van der Waals surface area contributed by atoms with Crippen molar-refractivity contribution in [2.45, 2.75) is 13.5 Å². The molecular weight excluding hydrogens is 350 g/mol. The highest BCUT2D eigenvalue weighted by molar-refractivity contribution is 7.15. The van der Waals surface area contributed by atoms with Crippen LogP contribution in [0.1, 0.15) is 4.88 Å². The Labute approximate surface area is 153 Å². The smallest absolute Gasteiger partial charge is 0.420 e. The zero-order valence-electron chi connectivity index (χ0n) is 14.1. The van der Waals surface area contributed by atoms with Crippen molar-refractivity contribution in [3.63, 3.8) is 0 Å². The van der Waals surface area contributed by atoms with Crippen molar-refractivity contribution < 1.29 is 9.15 Å². The van der Waals surface area contributed by atoms with E-state index in [1.54, 1.807) is 4.57 Å². The Hall–Kier alpha value is -3.06. The number of rotatable bonds is 5. The summed E-state index contributed by atoms with van der Waals surface area (Å²) in [5, 5.41) is 0.523. The maximum absolute atomic E-state index is 12.2. The van der Waals surface area contributed by atoms with E-state index in [9.17, 15) is 4.79 Å². The Morgan fingerprint density at radius 2 is 2.04 bits per heavy atom. The van der Waals surface area contributed by atoms with Gasteiger partial charge in [-0.2, -0.15) is 0 Å². The normalized spacial score (nSPS) is 11.1. The summed E-state index contributed by atoms with van der Waals surface area (Å²) >= 11 is 1.44. The first-order chi connectivity index (χ1) is 12.6. The number of nitrogen functional groups attached to an aromatic ring is 1. The van der Waals surface area contributed by atoms with E-state index in [0.29, 0.717) is 23.9 Å². The summed E-state index contributed by atoms with van der Waals surface area (Å²) in [7, 11) is 0. The van der Waals surface area contributed by atoms with Crippen molar-refractivity contribution in [2.75, 3.05) is 12.3 Å². The van der Waals surface area contributed by atoms with Gasteiger partial charge < -0.3 is 14.9 Å². The predicted octanol–water partition coefficient (Wildman–Crippen LogP) is 3.69. The van der Waals surface area contributed by atoms with Gasteiger partial charge in [0.1, 0.15) is 12.4 Å². The third-order valence-electron chi connectivity index (χ3n) is 4.08. The van der Waals surface area contributed by atoms with Gasteiger partial charge in [0.25, 0.3) is 0 Å². The molecule has 0 saturated heterocycles. The van der Waals surface area contributed by atoms with Crippen LogP contribution in [-0.4, -0.2) is 16.2 Å². The fourth-order valence-corrected chi connectivity index (χ4v) is 3.59. The van der Waals surface area contributed by atoms with Crippen molar-refractivity contribution >= 4 is 27.6 Å². The summed E-state index contributed by atoms with van der Waals surface area (Å²) < 4.78 is 12.7. The quantitative estimate of drug-likeness (QED) is 0.582. The van der Waals surface area contributed by atoms with Crippen molar-refractivity contribution in [1.29, 1.82) is 0 Å². The number of thiazole rings is 1. The zero-order valence-corrected chi connectivity index (χ0v) is 15.0. The Morgan fingerprint density at radius 1 is 1.23 bits per heavy atom.